The summed E-state index contributed by atoms with van der Waals surface area (Å²) in [7, 11) is 2.02. The number of rotatable bonds is 3. The maximum absolute atomic E-state index is 12.4. The Balaban J connectivity index is 1.93. The fraction of sp³-hybridized carbons (Fsp3) is 0.625. The molecule has 1 fully saturated rings. The molecule has 0 bridgehead atoms. The Bertz CT molecular complexity index is 540. The maximum atomic E-state index is 12.4. The second-order valence-corrected chi connectivity index (χ2v) is 5.75. The second-order valence-electron chi connectivity index (χ2n) is 5.75. The standard InChI is InChI=1S/C16H25N3O2/c1-5-15(20)18-6-8-19(9-7-18)16(21)11-14-10-12(2)17(4)13(14)3/h10H,5-9,11H2,1-4H3. The highest BCUT2D eigenvalue weighted by Crippen LogP contribution is 2.15. The van der Waals surface area contributed by atoms with Crippen molar-refractivity contribution < 1.29 is 9.59 Å². The molecular formula is C16H25N3O2. The number of aryl methyl sites for hydroxylation is 1. The maximum Gasteiger partial charge on any atom is 0.227 e. The lowest BCUT2D eigenvalue weighted by Crippen LogP contribution is -2.50. The number of amides is 2. The van der Waals surface area contributed by atoms with E-state index in [2.05, 4.69) is 17.6 Å². The lowest BCUT2D eigenvalue weighted by atomic mass is 10.1. The molecule has 116 valence electrons. The van der Waals surface area contributed by atoms with Gasteiger partial charge in [-0.2, -0.15) is 0 Å². The van der Waals surface area contributed by atoms with Crippen LogP contribution in [0.25, 0.3) is 0 Å². The fourth-order valence-corrected chi connectivity index (χ4v) is 2.82. The first-order chi connectivity index (χ1) is 9.93. The number of hydrogen-bond donors (Lipinski definition) is 0. The molecule has 0 radical (unpaired) electrons. The van der Waals surface area contributed by atoms with Crippen molar-refractivity contribution in [3.05, 3.63) is 23.0 Å². The topological polar surface area (TPSA) is 45.6 Å². The molecule has 1 aliphatic rings. The van der Waals surface area contributed by atoms with E-state index in [1.807, 2.05) is 30.7 Å². The number of carbonyl (C=O) groups is 2. The van der Waals surface area contributed by atoms with Gasteiger partial charge in [-0.05, 0) is 25.5 Å². The molecule has 0 aliphatic carbocycles. The zero-order chi connectivity index (χ0) is 15.6. The van der Waals surface area contributed by atoms with Crippen LogP contribution in [0.3, 0.4) is 0 Å². The van der Waals surface area contributed by atoms with Crippen molar-refractivity contribution in [3.8, 4) is 0 Å². The van der Waals surface area contributed by atoms with Crippen LogP contribution in [0, 0.1) is 13.8 Å². The van der Waals surface area contributed by atoms with Crippen molar-refractivity contribution in [1.29, 1.82) is 0 Å². The van der Waals surface area contributed by atoms with Gasteiger partial charge in [0.15, 0.2) is 0 Å². The zero-order valence-corrected chi connectivity index (χ0v) is 13.5. The molecule has 1 aliphatic heterocycles. The molecular weight excluding hydrogens is 266 g/mol. The summed E-state index contributed by atoms with van der Waals surface area (Å²) in [6, 6.07) is 2.09. The molecule has 0 saturated carbocycles. The smallest absolute Gasteiger partial charge is 0.227 e. The third-order valence-corrected chi connectivity index (χ3v) is 4.51. The molecule has 0 aromatic carbocycles. The van der Waals surface area contributed by atoms with Gasteiger partial charge in [0.1, 0.15) is 0 Å². The van der Waals surface area contributed by atoms with E-state index < -0.39 is 0 Å². The minimum absolute atomic E-state index is 0.160. The van der Waals surface area contributed by atoms with E-state index in [1.165, 1.54) is 5.69 Å². The Morgan fingerprint density at radius 3 is 2.00 bits per heavy atom. The molecule has 5 heteroatoms. The number of piperazine rings is 1. The van der Waals surface area contributed by atoms with E-state index in [-0.39, 0.29) is 11.8 Å². The number of hydrogen-bond acceptors (Lipinski definition) is 2. The summed E-state index contributed by atoms with van der Waals surface area (Å²) in [5, 5.41) is 0. The Morgan fingerprint density at radius 2 is 1.57 bits per heavy atom. The Hall–Kier alpha value is -1.78. The van der Waals surface area contributed by atoms with E-state index >= 15 is 0 Å². The third kappa shape index (κ3) is 3.28. The minimum atomic E-state index is 0.160. The van der Waals surface area contributed by atoms with Crippen LogP contribution in [0.4, 0.5) is 0 Å². The predicted molar refractivity (Wildman–Crippen MR) is 82.0 cm³/mol. The van der Waals surface area contributed by atoms with Gasteiger partial charge in [0.05, 0.1) is 6.42 Å². The second kappa shape index (κ2) is 6.33. The van der Waals surface area contributed by atoms with Crippen LogP contribution < -0.4 is 0 Å². The summed E-state index contributed by atoms with van der Waals surface area (Å²) in [5.41, 5.74) is 3.43. The molecule has 0 spiro atoms. The largest absolute Gasteiger partial charge is 0.352 e. The first kappa shape index (κ1) is 15.6. The van der Waals surface area contributed by atoms with Crippen LogP contribution in [-0.2, 0) is 23.1 Å². The van der Waals surface area contributed by atoms with Crippen LogP contribution in [0.5, 0.6) is 0 Å². The SMILES string of the molecule is CCC(=O)N1CCN(C(=O)Cc2cc(C)n(C)c2C)CC1. The van der Waals surface area contributed by atoms with Crippen molar-refractivity contribution >= 4 is 11.8 Å². The van der Waals surface area contributed by atoms with Gasteiger partial charge < -0.3 is 14.4 Å². The van der Waals surface area contributed by atoms with E-state index in [0.717, 1.165) is 11.3 Å². The average molecular weight is 291 g/mol. The minimum Gasteiger partial charge on any atom is -0.352 e. The molecule has 1 aromatic heterocycles. The Labute approximate surface area is 126 Å². The highest BCUT2D eigenvalue weighted by molar-refractivity contribution is 5.80. The monoisotopic (exact) mass is 291 g/mol. The quantitative estimate of drug-likeness (QED) is 0.842. The van der Waals surface area contributed by atoms with Gasteiger partial charge in [-0.25, -0.2) is 0 Å². The normalized spacial score (nSPS) is 15.4. The molecule has 5 nitrogen and oxygen atoms in total. The first-order valence-corrected chi connectivity index (χ1v) is 7.61. The zero-order valence-electron chi connectivity index (χ0n) is 13.5. The number of nitrogens with zero attached hydrogens (tertiary/aromatic N) is 3. The third-order valence-electron chi connectivity index (χ3n) is 4.51. The number of aromatic nitrogens is 1. The molecule has 0 atom stereocenters. The van der Waals surface area contributed by atoms with Gasteiger partial charge in [0, 0.05) is 51.0 Å². The molecule has 0 N–H and O–H groups in total. The van der Waals surface area contributed by atoms with E-state index in [4.69, 9.17) is 0 Å². The molecule has 1 saturated heterocycles. The lowest BCUT2D eigenvalue weighted by molar-refractivity contribution is -0.139. The van der Waals surface area contributed by atoms with Crippen molar-refractivity contribution in [2.45, 2.75) is 33.6 Å². The summed E-state index contributed by atoms with van der Waals surface area (Å²) in [5.74, 6) is 0.337. The molecule has 2 rings (SSSR count). The fourth-order valence-electron chi connectivity index (χ4n) is 2.82. The average Bonchev–Trinajstić information content (AvgIpc) is 2.74. The van der Waals surface area contributed by atoms with Gasteiger partial charge in [0.25, 0.3) is 0 Å². The summed E-state index contributed by atoms with van der Waals surface area (Å²) >= 11 is 0. The summed E-state index contributed by atoms with van der Waals surface area (Å²) in [6.45, 7) is 8.59. The van der Waals surface area contributed by atoms with Crippen LogP contribution in [0.1, 0.15) is 30.3 Å². The Morgan fingerprint density at radius 1 is 1.05 bits per heavy atom. The van der Waals surface area contributed by atoms with E-state index in [0.29, 0.717) is 39.0 Å². The summed E-state index contributed by atoms with van der Waals surface area (Å²) in [6.07, 6.45) is 0.992. The first-order valence-electron chi connectivity index (χ1n) is 7.61. The predicted octanol–water partition coefficient (Wildman–Crippen LogP) is 1.27. The Kier molecular flexibility index (Phi) is 4.70. The van der Waals surface area contributed by atoms with Gasteiger partial charge in [-0.3, -0.25) is 9.59 Å². The van der Waals surface area contributed by atoms with Gasteiger partial charge in [0.2, 0.25) is 11.8 Å². The lowest BCUT2D eigenvalue weighted by Gasteiger charge is -2.34. The van der Waals surface area contributed by atoms with Crippen molar-refractivity contribution in [1.82, 2.24) is 14.4 Å². The number of carbonyl (C=O) groups excluding carboxylic acids is 2. The van der Waals surface area contributed by atoms with Crippen LogP contribution >= 0.6 is 0 Å². The molecule has 0 unspecified atom stereocenters. The molecule has 2 amide bonds. The van der Waals surface area contributed by atoms with Crippen molar-refractivity contribution in [2.75, 3.05) is 26.2 Å². The summed E-state index contributed by atoms with van der Waals surface area (Å²) < 4.78 is 2.11. The van der Waals surface area contributed by atoms with Gasteiger partial charge in [-0.15, -0.1) is 0 Å². The van der Waals surface area contributed by atoms with Crippen LogP contribution in [0.2, 0.25) is 0 Å². The molecule has 1 aromatic rings. The van der Waals surface area contributed by atoms with Crippen LogP contribution in [-0.4, -0.2) is 52.4 Å². The molecule has 2 heterocycles. The van der Waals surface area contributed by atoms with E-state index in [1.54, 1.807) is 0 Å². The van der Waals surface area contributed by atoms with Gasteiger partial charge >= 0.3 is 0 Å². The highest BCUT2D eigenvalue weighted by Gasteiger charge is 2.24. The highest BCUT2D eigenvalue weighted by atomic mass is 16.2. The van der Waals surface area contributed by atoms with Gasteiger partial charge in [-0.1, -0.05) is 6.92 Å². The molecule has 21 heavy (non-hydrogen) atoms. The van der Waals surface area contributed by atoms with Crippen molar-refractivity contribution in [2.24, 2.45) is 7.05 Å². The summed E-state index contributed by atoms with van der Waals surface area (Å²) in [4.78, 5) is 27.8. The van der Waals surface area contributed by atoms with E-state index in [9.17, 15) is 9.59 Å². The van der Waals surface area contributed by atoms with Crippen molar-refractivity contribution in [3.63, 3.8) is 0 Å². The van der Waals surface area contributed by atoms with Crippen LogP contribution in [0.15, 0.2) is 6.07 Å².